The van der Waals surface area contributed by atoms with Gasteiger partial charge in [-0.15, -0.1) is 0 Å². The van der Waals surface area contributed by atoms with Crippen LogP contribution in [-0.4, -0.2) is 39.7 Å². The lowest BCUT2D eigenvalue weighted by Gasteiger charge is -2.39. The summed E-state index contributed by atoms with van der Waals surface area (Å²) in [6.07, 6.45) is 2.04. The first-order chi connectivity index (χ1) is 9.70. The summed E-state index contributed by atoms with van der Waals surface area (Å²) in [5, 5.41) is 6.38. The molecule has 2 rings (SSSR count). The number of nitrogens with one attached hydrogen (secondary N) is 2. The van der Waals surface area contributed by atoms with Crippen LogP contribution in [0, 0.1) is 5.41 Å². The van der Waals surface area contributed by atoms with Crippen LogP contribution in [0.4, 0.5) is 0 Å². The second-order valence-corrected chi connectivity index (χ2v) is 8.29. The van der Waals surface area contributed by atoms with Crippen LogP contribution in [0.1, 0.15) is 30.6 Å². The molecule has 0 radical (unpaired) electrons. The number of carbonyl (C=O) groups excluding carboxylic acids is 1. The molecule has 1 aromatic rings. The lowest BCUT2D eigenvalue weighted by Crippen LogP contribution is -2.54. The number of carbonyl (C=O) groups is 1. The maximum atomic E-state index is 12.3. The second kappa shape index (κ2) is 5.77. The van der Waals surface area contributed by atoms with Crippen molar-refractivity contribution in [3.05, 3.63) is 29.8 Å². The Hall–Kier alpha value is -1.40. The largest absolute Gasteiger partial charge is 0.349 e. The van der Waals surface area contributed by atoms with E-state index < -0.39 is 9.84 Å². The Morgan fingerprint density at radius 1 is 1.29 bits per heavy atom. The smallest absolute Gasteiger partial charge is 0.251 e. The average molecular weight is 310 g/mol. The summed E-state index contributed by atoms with van der Waals surface area (Å²) in [6, 6.07) is 6.16. The van der Waals surface area contributed by atoms with Crippen molar-refractivity contribution >= 4 is 15.7 Å². The van der Waals surface area contributed by atoms with Crippen molar-refractivity contribution in [2.75, 3.05) is 19.3 Å². The molecule has 116 valence electrons. The Kier molecular flexibility index (Phi) is 4.39. The Labute approximate surface area is 126 Å². The highest BCUT2D eigenvalue weighted by atomic mass is 32.2. The predicted molar refractivity (Wildman–Crippen MR) is 82.1 cm³/mol. The van der Waals surface area contributed by atoms with Gasteiger partial charge in [-0.1, -0.05) is 13.8 Å². The number of rotatable bonds is 3. The Morgan fingerprint density at radius 2 is 1.90 bits per heavy atom. The van der Waals surface area contributed by atoms with Gasteiger partial charge in [-0.2, -0.15) is 0 Å². The maximum Gasteiger partial charge on any atom is 0.251 e. The first-order valence-corrected chi connectivity index (χ1v) is 8.91. The van der Waals surface area contributed by atoms with Crippen molar-refractivity contribution in [3.8, 4) is 0 Å². The third-order valence-corrected chi connectivity index (χ3v) is 5.11. The van der Waals surface area contributed by atoms with Crippen molar-refractivity contribution in [2.24, 2.45) is 5.41 Å². The van der Waals surface area contributed by atoms with Gasteiger partial charge >= 0.3 is 0 Å². The highest BCUT2D eigenvalue weighted by Gasteiger charge is 2.33. The topological polar surface area (TPSA) is 75.3 Å². The third kappa shape index (κ3) is 3.83. The van der Waals surface area contributed by atoms with Crippen molar-refractivity contribution < 1.29 is 13.2 Å². The van der Waals surface area contributed by atoms with E-state index in [0.717, 1.165) is 25.8 Å². The molecule has 1 aromatic carbocycles. The second-order valence-electron chi connectivity index (χ2n) is 6.28. The standard InChI is InChI=1S/C15H22N2O3S/c1-15(2)10-16-9-8-13(15)17-14(18)11-4-6-12(7-5-11)21(3,19)20/h4-7,13,16H,8-10H2,1-3H3,(H,17,18). The van der Waals surface area contributed by atoms with Crippen LogP contribution in [0.5, 0.6) is 0 Å². The van der Waals surface area contributed by atoms with E-state index in [1.54, 1.807) is 12.1 Å². The van der Waals surface area contributed by atoms with Crippen LogP contribution in [0.25, 0.3) is 0 Å². The van der Waals surface area contributed by atoms with E-state index in [0.29, 0.717) is 5.56 Å². The van der Waals surface area contributed by atoms with Gasteiger partial charge in [0.1, 0.15) is 0 Å². The van der Waals surface area contributed by atoms with Gasteiger partial charge in [0, 0.05) is 24.4 Å². The van der Waals surface area contributed by atoms with E-state index in [2.05, 4.69) is 24.5 Å². The molecule has 0 bridgehead atoms. The van der Waals surface area contributed by atoms with Gasteiger partial charge in [-0.3, -0.25) is 4.79 Å². The molecular formula is C15H22N2O3S. The maximum absolute atomic E-state index is 12.3. The molecule has 0 spiro atoms. The number of piperidine rings is 1. The fourth-order valence-corrected chi connectivity index (χ4v) is 3.16. The van der Waals surface area contributed by atoms with Gasteiger partial charge in [0.15, 0.2) is 9.84 Å². The minimum Gasteiger partial charge on any atom is -0.349 e. The summed E-state index contributed by atoms with van der Waals surface area (Å²) in [5.41, 5.74) is 0.484. The Balaban J connectivity index is 2.10. The first-order valence-electron chi connectivity index (χ1n) is 7.02. The van der Waals surface area contributed by atoms with E-state index in [4.69, 9.17) is 0 Å². The summed E-state index contributed by atoms with van der Waals surface area (Å²) in [7, 11) is -3.23. The van der Waals surface area contributed by atoms with Gasteiger partial charge in [0.2, 0.25) is 0 Å². The van der Waals surface area contributed by atoms with Crippen molar-refractivity contribution in [3.63, 3.8) is 0 Å². The minimum absolute atomic E-state index is 0.000604. The molecule has 1 aliphatic heterocycles. The molecule has 1 fully saturated rings. The summed E-state index contributed by atoms with van der Waals surface area (Å²) in [4.78, 5) is 12.5. The number of sulfone groups is 1. The number of hydrogen-bond donors (Lipinski definition) is 2. The minimum atomic E-state index is -3.23. The summed E-state index contributed by atoms with van der Waals surface area (Å²) >= 11 is 0. The highest BCUT2D eigenvalue weighted by Crippen LogP contribution is 2.25. The van der Waals surface area contributed by atoms with E-state index in [1.165, 1.54) is 12.1 Å². The van der Waals surface area contributed by atoms with Gasteiger partial charge < -0.3 is 10.6 Å². The fourth-order valence-electron chi connectivity index (χ4n) is 2.53. The summed E-state index contributed by atoms with van der Waals surface area (Å²) in [5.74, 6) is -0.157. The van der Waals surface area contributed by atoms with Gasteiger partial charge in [-0.05, 0) is 42.6 Å². The van der Waals surface area contributed by atoms with Gasteiger partial charge in [0.25, 0.3) is 5.91 Å². The van der Waals surface area contributed by atoms with Crippen molar-refractivity contribution in [2.45, 2.75) is 31.2 Å². The SMILES string of the molecule is CC1(C)CNCCC1NC(=O)c1ccc(S(C)(=O)=O)cc1. The third-order valence-electron chi connectivity index (χ3n) is 3.98. The molecule has 5 nitrogen and oxygen atoms in total. The zero-order valence-electron chi connectivity index (χ0n) is 12.6. The van der Waals surface area contributed by atoms with E-state index in [1.807, 2.05) is 0 Å². The lowest BCUT2D eigenvalue weighted by molar-refractivity contribution is 0.0868. The number of benzene rings is 1. The molecule has 1 heterocycles. The van der Waals surface area contributed by atoms with Crippen molar-refractivity contribution in [1.82, 2.24) is 10.6 Å². The lowest BCUT2D eigenvalue weighted by atomic mass is 9.80. The summed E-state index contributed by atoms with van der Waals surface area (Å²) in [6.45, 7) is 6.00. The Bertz CT molecular complexity index is 621. The predicted octanol–water partition coefficient (Wildman–Crippen LogP) is 1.21. The molecular weight excluding hydrogens is 288 g/mol. The van der Waals surface area contributed by atoms with Crippen molar-refractivity contribution in [1.29, 1.82) is 0 Å². The Morgan fingerprint density at radius 3 is 2.43 bits per heavy atom. The molecule has 0 saturated carbocycles. The molecule has 21 heavy (non-hydrogen) atoms. The molecule has 1 aliphatic rings. The van der Waals surface area contributed by atoms with Gasteiger partial charge in [-0.25, -0.2) is 8.42 Å². The normalized spacial score (nSPS) is 21.8. The molecule has 0 aromatic heterocycles. The van der Waals surface area contributed by atoms with Crippen LogP contribution in [-0.2, 0) is 9.84 Å². The van der Waals surface area contributed by atoms with Crippen LogP contribution in [0.15, 0.2) is 29.2 Å². The quantitative estimate of drug-likeness (QED) is 0.880. The first kappa shape index (κ1) is 16.0. The van der Waals surface area contributed by atoms with Crippen LogP contribution in [0.3, 0.4) is 0 Å². The van der Waals surface area contributed by atoms with Gasteiger partial charge in [0.05, 0.1) is 4.90 Å². The monoisotopic (exact) mass is 310 g/mol. The molecule has 6 heteroatoms. The number of hydrogen-bond acceptors (Lipinski definition) is 4. The molecule has 1 amide bonds. The zero-order chi connectivity index (χ0) is 15.7. The van der Waals surface area contributed by atoms with Crippen LogP contribution < -0.4 is 10.6 Å². The molecule has 0 aliphatic carbocycles. The number of amides is 1. The summed E-state index contributed by atoms with van der Waals surface area (Å²) < 4.78 is 22.8. The van der Waals surface area contributed by atoms with E-state index >= 15 is 0 Å². The van der Waals surface area contributed by atoms with Crippen LogP contribution >= 0.6 is 0 Å². The zero-order valence-corrected chi connectivity index (χ0v) is 13.5. The fraction of sp³-hybridized carbons (Fsp3) is 0.533. The average Bonchev–Trinajstić information content (AvgIpc) is 2.40. The molecule has 1 unspecified atom stereocenters. The van der Waals surface area contributed by atoms with Crippen LogP contribution in [0.2, 0.25) is 0 Å². The van der Waals surface area contributed by atoms with E-state index in [-0.39, 0.29) is 22.3 Å². The molecule has 2 N–H and O–H groups in total. The van der Waals surface area contributed by atoms with E-state index in [9.17, 15) is 13.2 Å². The molecule has 1 atom stereocenters. The highest BCUT2D eigenvalue weighted by molar-refractivity contribution is 7.90. The molecule has 1 saturated heterocycles.